The van der Waals surface area contributed by atoms with Gasteiger partial charge in [0, 0.05) is 18.5 Å². The number of hydrogen-bond acceptors (Lipinski definition) is 2. The molecule has 3 heteroatoms. The quantitative estimate of drug-likeness (QED) is 0.908. The van der Waals surface area contributed by atoms with Crippen LogP contribution in [-0.2, 0) is 11.3 Å². The third kappa shape index (κ3) is 2.97. The van der Waals surface area contributed by atoms with Gasteiger partial charge in [-0.1, -0.05) is 49.4 Å². The molecule has 1 aliphatic carbocycles. The highest BCUT2D eigenvalue weighted by Crippen LogP contribution is 2.39. The van der Waals surface area contributed by atoms with Crippen molar-refractivity contribution < 1.29 is 4.79 Å². The summed E-state index contributed by atoms with van der Waals surface area (Å²) in [7, 11) is 0. The lowest BCUT2D eigenvalue weighted by Crippen LogP contribution is -2.35. The second kappa shape index (κ2) is 5.68. The molecule has 1 N–H and O–H groups in total. The summed E-state index contributed by atoms with van der Waals surface area (Å²) in [5.41, 5.74) is 2.98. The van der Waals surface area contributed by atoms with Gasteiger partial charge in [-0.3, -0.25) is 9.79 Å². The molecule has 108 valence electrons. The lowest BCUT2D eigenvalue weighted by atomic mass is 9.73. The van der Waals surface area contributed by atoms with E-state index in [0.29, 0.717) is 18.8 Å². The number of fused-ring (bicyclic) bond motifs is 1. The number of nitrogens with zero attached hydrogens (tertiary/aromatic N) is 1. The van der Waals surface area contributed by atoms with Gasteiger partial charge in [0.1, 0.15) is 5.71 Å². The zero-order valence-corrected chi connectivity index (χ0v) is 12.3. The van der Waals surface area contributed by atoms with Crippen molar-refractivity contribution >= 4 is 11.6 Å². The molecule has 0 spiro atoms. The van der Waals surface area contributed by atoms with E-state index in [9.17, 15) is 4.79 Å². The number of nitrogens with one attached hydrogen (secondary N) is 1. The molecule has 0 aromatic heterocycles. The van der Waals surface area contributed by atoms with Gasteiger partial charge in [-0.05, 0) is 30.1 Å². The van der Waals surface area contributed by atoms with Gasteiger partial charge in [-0.2, -0.15) is 0 Å². The summed E-state index contributed by atoms with van der Waals surface area (Å²) in [4.78, 5) is 16.7. The second-order valence-electron chi connectivity index (χ2n) is 5.97. The molecule has 3 nitrogen and oxygen atoms in total. The summed E-state index contributed by atoms with van der Waals surface area (Å²) in [6, 6.07) is 9.92. The summed E-state index contributed by atoms with van der Waals surface area (Å²) < 4.78 is 0. The number of allylic oxidation sites excluding steroid dienone is 2. The maximum absolute atomic E-state index is 12.2. The fraction of sp³-hybridized carbons (Fsp3) is 0.333. The van der Waals surface area contributed by atoms with E-state index in [1.807, 2.05) is 36.4 Å². The Kier molecular flexibility index (Phi) is 3.74. The van der Waals surface area contributed by atoms with Crippen molar-refractivity contribution in [3.05, 3.63) is 59.7 Å². The number of hydrogen-bond donors (Lipinski definition) is 1. The van der Waals surface area contributed by atoms with E-state index < -0.39 is 0 Å². The van der Waals surface area contributed by atoms with Crippen molar-refractivity contribution in [1.82, 2.24) is 5.32 Å². The maximum atomic E-state index is 12.2. The first kappa shape index (κ1) is 13.8. The van der Waals surface area contributed by atoms with Crippen molar-refractivity contribution in [1.29, 1.82) is 0 Å². The van der Waals surface area contributed by atoms with Gasteiger partial charge in [-0.15, -0.1) is 0 Å². The number of aliphatic imine (C=N–C) groups is 1. The van der Waals surface area contributed by atoms with Crippen LogP contribution in [-0.4, -0.2) is 18.2 Å². The Labute approximate surface area is 125 Å². The van der Waals surface area contributed by atoms with Gasteiger partial charge in [0.25, 0.3) is 5.91 Å². The van der Waals surface area contributed by atoms with E-state index >= 15 is 0 Å². The Bertz CT molecular complexity index is 628. The van der Waals surface area contributed by atoms with Crippen molar-refractivity contribution in [3.8, 4) is 0 Å². The molecule has 2 aliphatic rings. The monoisotopic (exact) mass is 280 g/mol. The molecule has 0 saturated heterocycles. The predicted molar refractivity (Wildman–Crippen MR) is 85.2 cm³/mol. The Morgan fingerprint density at radius 2 is 2.14 bits per heavy atom. The molecule has 0 bridgehead atoms. The predicted octanol–water partition coefficient (Wildman–Crippen LogP) is 3.04. The van der Waals surface area contributed by atoms with Crippen LogP contribution in [0.1, 0.15) is 25.3 Å². The van der Waals surface area contributed by atoms with Crippen LogP contribution in [0.5, 0.6) is 0 Å². The lowest BCUT2D eigenvalue weighted by molar-refractivity contribution is -0.114. The summed E-state index contributed by atoms with van der Waals surface area (Å²) in [5.74, 6) is -0.0904. The van der Waals surface area contributed by atoms with Crippen LogP contribution in [0.15, 0.2) is 59.1 Å². The Balaban J connectivity index is 1.67. The van der Waals surface area contributed by atoms with Crippen LogP contribution in [0, 0.1) is 5.41 Å². The van der Waals surface area contributed by atoms with Crippen molar-refractivity contribution in [2.45, 2.75) is 26.3 Å². The SMILES string of the molecule is CC12CCC=CC1=CC(C(=O)NCc1ccccc1)=NC2. The van der Waals surface area contributed by atoms with Crippen LogP contribution < -0.4 is 5.32 Å². The molecule has 1 heterocycles. The fourth-order valence-electron chi connectivity index (χ4n) is 2.81. The van der Waals surface area contributed by atoms with E-state index in [0.717, 1.165) is 18.4 Å². The summed E-state index contributed by atoms with van der Waals surface area (Å²) in [6.07, 6.45) is 8.47. The van der Waals surface area contributed by atoms with E-state index in [-0.39, 0.29) is 11.3 Å². The molecule has 1 amide bonds. The summed E-state index contributed by atoms with van der Waals surface area (Å²) >= 11 is 0. The lowest BCUT2D eigenvalue weighted by Gasteiger charge is -2.34. The maximum Gasteiger partial charge on any atom is 0.269 e. The molecule has 1 aromatic carbocycles. The van der Waals surface area contributed by atoms with Gasteiger partial charge in [0.15, 0.2) is 0 Å². The summed E-state index contributed by atoms with van der Waals surface area (Å²) in [5, 5.41) is 2.94. The van der Waals surface area contributed by atoms with Crippen LogP contribution in [0.4, 0.5) is 0 Å². The van der Waals surface area contributed by atoms with Gasteiger partial charge in [-0.25, -0.2) is 0 Å². The zero-order chi connectivity index (χ0) is 14.7. The van der Waals surface area contributed by atoms with Crippen LogP contribution >= 0.6 is 0 Å². The van der Waals surface area contributed by atoms with Crippen molar-refractivity contribution in [3.63, 3.8) is 0 Å². The Morgan fingerprint density at radius 1 is 1.33 bits per heavy atom. The molecule has 1 atom stereocenters. The van der Waals surface area contributed by atoms with Gasteiger partial charge in [0.05, 0.1) is 0 Å². The van der Waals surface area contributed by atoms with E-state index in [1.54, 1.807) is 0 Å². The zero-order valence-electron chi connectivity index (χ0n) is 12.3. The Hall–Kier alpha value is -2.16. The number of benzene rings is 1. The fourth-order valence-corrected chi connectivity index (χ4v) is 2.81. The third-order valence-electron chi connectivity index (χ3n) is 4.28. The van der Waals surface area contributed by atoms with E-state index in [2.05, 4.69) is 29.4 Å². The normalized spacial score (nSPS) is 23.9. The summed E-state index contributed by atoms with van der Waals surface area (Å²) in [6.45, 7) is 3.47. The molecular formula is C18H20N2O. The first-order valence-electron chi connectivity index (χ1n) is 7.43. The molecule has 0 saturated carbocycles. The van der Waals surface area contributed by atoms with Crippen LogP contribution in [0.25, 0.3) is 0 Å². The Morgan fingerprint density at radius 3 is 2.95 bits per heavy atom. The highest BCUT2D eigenvalue weighted by molar-refractivity contribution is 6.43. The first-order chi connectivity index (χ1) is 10.2. The average Bonchev–Trinajstić information content (AvgIpc) is 2.52. The minimum absolute atomic E-state index is 0.0904. The largest absolute Gasteiger partial charge is 0.347 e. The minimum atomic E-state index is -0.0904. The molecule has 1 aliphatic heterocycles. The molecule has 1 aromatic rings. The highest BCUT2D eigenvalue weighted by Gasteiger charge is 2.32. The number of rotatable bonds is 3. The van der Waals surface area contributed by atoms with Crippen molar-refractivity contribution in [2.24, 2.45) is 10.4 Å². The standard InChI is InChI=1S/C18H20N2O/c1-18-10-6-5-9-15(18)11-16(20-13-18)17(21)19-12-14-7-3-2-4-8-14/h2-5,7-9,11H,6,10,12-13H2,1H3,(H,19,21). The van der Waals surface area contributed by atoms with Gasteiger partial charge < -0.3 is 5.32 Å². The van der Waals surface area contributed by atoms with E-state index in [1.165, 1.54) is 5.57 Å². The highest BCUT2D eigenvalue weighted by atomic mass is 16.1. The molecule has 3 rings (SSSR count). The van der Waals surface area contributed by atoms with Gasteiger partial charge >= 0.3 is 0 Å². The number of carbonyl (C=O) groups excluding carboxylic acids is 1. The van der Waals surface area contributed by atoms with Crippen molar-refractivity contribution in [2.75, 3.05) is 6.54 Å². The second-order valence-corrected chi connectivity index (χ2v) is 5.97. The molecule has 21 heavy (non-hydrogen) atoms. The van der Waals surface area contributed by atoms with Crippen LogP contribution in [0.2, 0.25) is 0 Å². The number of dihydropyridines is 1. The molecule has 0 radical (unpaired) electrons. The third-order valence-corrected chi connectivity index (χ3v) is 4.28. The number of amides is 1. The molecule has 0 fully saturated rings. The van der Waals surface area contributed by atoms with Crippen LogP contribution in [0.3, 0.4) is 0 Å². The minimum Gasteiger partial charge on any atom is -0.347 e. The van der Waals surface area contributed by atoms with E-state index in [4.69, 9.17) is 0 Å². The van der Waals surface area contributed by atoms with Gasteiger partial charge in [0.2, 0.25) is 0 Å². The smallest absolute Gasteiger partial charge is 0.269 e. The number of carbonyl (C=O) groups is 1. The molecule has 1 unspecified atom stereocenters. The first-order valence-corrected chi connectivity index (χ1v) is 7.43. The topological polar surface area (TPSA) is 41.5 Å². The molecular weight excluding hydrogens is 260 g/mol. The average molecular weight is 280 g/mol.